The quantitative estimate of drug-likeness (QED) is 0.245. The Morgan fingerprint density at radius 2 is 2.00 bits per heavy atom. The number of aliphatic imine (C=N–C) groups is 1. The Balaban J connectivity index is 0.00000784. The topological polar surface area (TPSA) is 114 Å². The molecule has 1 heterocycles. The average molecular weight is 524 g/mol. The summed E-state index contributed by atoms with van der Waals surface area (Å²) in [7, 11) is 0. The van der Waals surface area contributed by atoms with Gasteiger partial charge >= 0.3 is 6.09 Å². The molecule has 1 amide bonds. The number of unbranched alkanes of at least 4 members (excludes halogenated alkanes) is 1. The first-order valence-electron chi connectivity index (χ1n) is 10.0. The van der Waals surface area contributed by atoms with Gasteiger partial charge in [0.05, 0.1) is 6.54 Å². The van der Waals surface area contributed by atoms with Crippen molar-refractivity contribution in [3.05, 3.63) is 11.7 Å². The van der Waals surface area contributed by atoms with Crippen LogP contribution in [-0.4, -0.2) is 53.5 Å². The summed E-state index contributed by atoms with van der Waals surface area (Å²) < 4.78 is 10.4. The van der Waals surface area contributed by atoms with Gasteiger partial charge in [-0.1, -0.05) is 24.9 Å². The first kappa shape index (κ1) is 27.4. The molecule has 9 nitrogen and oxygen atoms in total. The molecule has 0 bridgehead atoms. The number of nitrogens with zero attached hydrogens (tertiary/aromatic N) is 3. The minimum Gasteiger partial charge on any atom is -0.444 e. The van der Waals surface area contributed by atoms with Gasteiger partial charge in [-0.25, -0.2) is 4.79 Å². The van der Waals surface area contributed by atoms with E-state index in [1.807, 2.05) is 27.7 Å². The molecule has 0 saturated carbocycles. The number of carbonyl (C=O) groups is 1. The molecule has 0 aliphatic heterocycles. The smallest absolute Gasteiger partial charge is 0.407 e. The summed E-state index contributed by atoms with van der Waals surface area (Å²) in [6.45, 7) is 13.2. The number of rotatable bonds is 10. The fraction of sp³-hybridized carbons (Fsp3) is 0.789. The van der Waals surface area contributed by atoms with E-state index in [0.717, 1.165) is 25.8 Å². The predicted molar refractivity (Wildman–Crippen MR) is 125 cm³/mol. The largest absolute Gasteiger partial charge is 0.444 e. The lowest BCUT2D eigenvalue weighted by molar-refractivity contribution is 0.0522. The number of hydrogen-bond donors (Lipinski definition) is 3. The molecular formula is C19H37IN6O3. The van der Waals surface area contributed by atoms with Crippen LogP contribution in [0.2, 0.25) is 0 Å². The maximum Gasteiger partial charge on any atom is 0.407 e. The Kier molecular flexibility index (Phi) is 13.6. The van der Waals surface area contributed by atoms with Crippen LogP contribution >= 0.6 is 24.0 Å². The standard InChI is InChI=1S/C19H36N6O3.HI/c1-7-9-10-15(13-22-18(26)27-19(4,5)6)24-17(20-8-2)21-12-11-16-23-14(3)25-28-16;/h15H,7-13H2,1-6H3,(H,22,26)(H2,20,21,24);1H. The number of guanidine groups is 1. The van der Waals surface area contributed by atoms with E-state index < -0.39 is 11.7 Å². The van der Waals surface area contributed by atoms with Crippen LogP contribution in [0.5, 0.6) is 0 Å². The highest BCUT2D eigenvalue weighted by Gasteiger charge is 2.18. The predicted octanol–water partition coefficient (Wildman–Crippen LogP) is 3.18. The third kappa shape index (κ3) is 13.3. The summed E-state index contributed by atoms with van der Waals surface area (Å²) in [5.74, 6) is 1.90. The molecule has 0 spiro atoms. The highest BCUT2D eigenvalue weighted by atomic mass is 127. The first-order valence-corrected chi connectivity index (χ1v) is 10.0. The van der Waals surface area contributed by atoms with Gasteiger partial charge < -0.3 is 25.2 Å². The first-order chi connectivity index (χ1) is 13.2. The van der Waals surface area contributed by atoms with E-state index in [1.165, 1.54) is 0 Å². The molecule has 10 heteroatoms. The fourth-order valence-electron chi connectivity index (χ4n) is 2.41. The number of halogens is 1. The summed E-state index contributed by atoms with van der Waals surface area (Å²) >= 11 is 0. The SMILES string of the molecule is CCCCC(CNC(=O)OC(C)(C)C)NC(=NCCc1nc(C)no1)NCC.I. The molecule has 29 heavy (non-hydrogen) atoms. The van der Waals surface area contributed by atoms with Gasteiger partial charge in [0.25, 0.3) is 0 Å². The lowest BCUT2D eigenvalue weighted by Gasteiger charge is -2.24. The fourth-order valence-corrected chi connectivity index (χ4v) is 2.41. The Morgan fingerprint density at radius 3 is 2.55 bits per heavy atom. The maximum atomic E-state index is 11.9. The maximum absolute atomic E-state index is 11.9. The lowest BCUT2D eigenvalue weighted by Crippen LogP contribution is -2.49. The van der Waals surface area contributed by atoms with Crippen molar-refractivity contribution >= 4 is 36.0 Å². The average Bonchev–Trinajstić information content (AvgIpc) is 3.01. The molecule has 1 rings (SSSR count). The molecule has 0 radical (unpaired) electrons. The molecule has 1 atom stereocenters. The van der Waals surface area contributed by atoms with Crippen molar-refractivity contribution in [1.82, 2.24) is 26.1 Å². The zero-order valence-electron chi connectivity index (χ0n) is 18.5. The minimum atomic E-state index is -0.514. The molecule has 0 aliphatic carbocycles. The van der Waals surface area contributed by atoms with E-state index >= 15 is 0 Å². The number of nitrogens with one attached hydrogen (secondary N) is 3. The Labute approximate surface area is 191 Å². The van der Waals surface area contributed by atoms with Crippen LogP contribution in [0.25, 0.3) is 0 Å². The molecule has 0 fully saturated rings. The zero-order valence-corrected chi connectivity index (χ0v) is 20.8. The van der Waals surface area contributed by atoms with Crippen molar-refractivity contribution in [2.45, 2.75) is 78.9 Å². The molecule has 0 aliphatic rings. The normalized spacial score (nSPS) is 12.7. The van der Waals surface area contributed by atoms with E-state index in [-0.39, 0.29) is 30.0 Å². The van der Waals surface area contributed by atoms with E-state index in [4.69, 9.17) is 9.26 Å². The second kappa shape index (κ2) is 14.4. The number of alkyl carbamates (subject to hydrolysis) is 1. The van der Waals surface area contributed by atoms with Crippen molar-refractivity contribution in [3.8, 4) is 0 Å². The number of ether oxygens (including phenoxy) is 1. The second-order valence-electron chi connectivity index (χ2n) is 7.61. The van der Waals surface area contributed by atoms with E-state index in [1.54, 1.807) is 6.92 Å². The van der Waals surface area contributed by atoms with E-state index in [0.29, 0.717) is 37.2 Å². The van der Waals surface area contributed by atoms with Crippen LogP contribution in [0.3, 0.4) is 0 Å². The third-order valence-electron chi connectivity index (χ3n) is 3.65. The van der Waals surface area contributed by atoms with Crippen LogP contribution in [0.4, 0.5) is 4.79 Å². The number of hydrogen-bond acceptors (Lipinski definition) is 6. The van der Waals surface area contributed by atoms with Crippen molar-refractivity contribution in [2.24, 2.45) is 4.99 Å². The summed E-state index contributed by atoms with van der Waals surface area (Å²) in [4.78, 5) is 20.7. The van der Waals surface area contributed by atoms with Crippen LogP contribution in [-0.2, 0) is 11.2 Å². The second-order valence-corrected chi connectivity index (χ2v) is 7.61. The van der Waals surface area contributed by atoms with Crippen LogP contribution < -0.4 is 16.0 Å². The van der Waals surface area contributed by atoms with Crippen molar-refractivity contribution in [3.63, 3.8) is 0 Å². The molecule has 168 valence electrons. The van der Waals surface area contributed by atoms with Crippen LogP contribution in [0, 0.1) is 6.92 Å². The van der Waals surface area contributed by atoms with Crippen molar-refractivity contribution < 1.29 is 14.1 Å². The molecule has 0 aromatic carbocycles. The zero-order chi connectivity index (χ0) is 21.0. The third-order valence-corrected chi connectivity index (χ3v) is 3.65. The molecule has 1 aromatic rings. The highest BCUT2D eigenvalue weighted by Crippen LogP contribution is 2.07. The Morgan fingerprint density at radius 1 is 1.28 bits per heavy atom. The Hall–Kier alpha value is -1.59. The van der Waals surface area contributed by atoms with Gasteiger partial charge in [0, 0.05) is 25.6 Å². The summed E-state index contributed by atoms with van der Waals surface area (Å²) in [6.07, 6.45) is 3.21. The van der Waals surface area contributed by atoms with Gasteiger partial charge in [-0.05, 0) is 41.0 Å². The van der Waals surface area contributed by atoms with Gasteiger partial charge in [0.15, 0.2) is 11.8 Å². The summed E-state index contributed by atoms with van der Waals surface area (Å²) in [6, 6.07) is 0.0518. The lowest BCUT2D eigenvalue weighted by atomic mass is 10.1. The molecule has 1 aromatic heterocycles. The Bertz CT molecular complexity index is 615. The van der Waals surface area contributed by atoms with E-state index in [2.05, 4.69) is 38.0 Å². The molecular weight excluding hydrogens is 487 g/mol. The molecule has 1 unspecified atom stereocenters. The molecule has 3 N–H and O–H groups in total. The monoisotopic (exact) mass is 524 g/mol. The number of carbonyl (C=O) groups excluding carboxylic acids is 1. The van der Waals surface area contributed by atoms with Gasteiger partial charge in [0.1, 0.15) is 5.60 Å². The van der Waals surface area contributed by atoms with Crippen LogP contribution in [0.1, 0.15) is 65.6 Å². The summed E-state index contributed by atoms with van der Waals surface area (Å²) in [5, 5.41) is 13.3. The van der Waals surface area contributed by atoms with Crippen molar-refractivity contribution in [1.29, 1.82) is 0 Å². The molecule has 0 saturated heterocycles. The van der Waals surface area contributed by atoms with Gasteiger partial charge in [-0.3, -0.25) is 4.99 Å². The van der Waals surface area contributed by atoms with Crippen LogP contribution in [0.15, 0.2) is 9.52 Å². The van der Waals surface area contributed by atoms with E-state index in [9.17, 15) is 4.79 Å². The van der Waals surface area contributed by atoms with Gasteiger partial charge in [0.2, 0.25) is 5.89 Å². The highest BCUT2D eigenvalue weighted by molar-refractivity contribution is 14.0. The number of aromatic nitrogens is 2. The number of aryl methyl sites for hydroxylation is 1. The van der Waals surface area contributed by atoms with Crippen molar-refractivity contribution in [2.75, 3.05) is 19.6 Å². The summed E-state index contributed by atoms with van der Waals surface area (Å²) in [5.41, 5.74) is -0.514. The van der Waals surface area contributed by atoms with Gasteiger partial charge in [-0.15, -0.1) is 24.0 Å². The minimum absolute atomic E-state index is 0. The van der Waals surface area contributed by atoms with Gasteiger partial charge in [-0.2, -0.15) is 4.98 Å². The number of amides is 1.